The van der Waals surface area contributed by atoms with Gasteiger partial charge in [-0.05, 0) is 48.9 Å². The minimum atomic E-state index is -0.455. The number of methoxy groups -OCH3 is 1. The lowest BCUT2D eigenvalue weighted by Gasteiger charge is -2.15. The first-order valence-electron chi connectivity index (χ1n) is 9.92. The Hall–Kier alpha value is -3.63. The molecular formula is C23H21N5O3S2. The van der Waals surface area contributed by atoms with Crippen molar-refractivity contribution in [3.05, 3.63) is 75.9 Å². The maximum atomic E-state index is 12.6. The van der Waals surface area contributed by atoms with Crippen molar-refractivity contribution < 1.29 is 9.53 Å². The van der Waals surface area contributed by atoms with Gasteiger partial charge >= 0.3 is 0 Å². The first-order valence-corrected chi connectivity index (χ1v) is 11.8. The largest absolute Gasteiger partial charge is 0.497 e. The van der Waals surface area contributed by atoms with Crippen molar-refractivity contribution >= 4 is 40.0 Å². The summed E-state index contributed by atoms with van der Waals surface area (Å²) in [6.07, 6.45) is 0. The molecule has 0 spiro atoms. The first-order chi connectivity index (χ1) is 15.9. The smallest absolute Gasteiger partial charge is 0.275 e. The van der Waals surface area contributed by atoms with Crippen LogP contribution in [0.4, 0.5) is 10.9 Å². The van der Waals surface area contributed by atoms with Crippen LogP contribution in [-0.2, 0) is 4.79 Å². The molecule has 4 aromatic rings. The maximum absolute atomic E-state index is 12.6. The van der Waals surface area contributed by atoms with Crippen LogP contribution in [0.5, 0.6) is 5.75 Å². The predicted octanol–water partition coefficient (Wildman–Crippen LogP) is 3.99. The zero-order valence-electron chi connectivity index (χ0n) is 17.9. The van der Waals surface area contributed by atoms with E-state index < -0.39 is 5.56 Å². The number of amides is 1. The number of benzene rings is 2. The highest BCUT2D eigenvalue weighted by Crippen LogP contribution is 2.27. The summed E-state index contributed by atoms with van der Waals surface area (Å²) in [5.74, 6) is 0.800. The van der Waals surface area contributed by atoms with E-state index in [1.165, 1.54) is 17.4 Å². The van der Waals surface area contributed by atoms with Crippen molar-refractivity contribution in [2.24, 2.45) is 0 Å². The Morgan fingerprint density at radius 2 is 1.97 bits per heavy atom. The molecule has 2 heterocycles. The fraction of sp³-hybridized carbons (Fsp3) is 0.130. The summed E-state index contributed by atoms with van der Waals surface area (Å²) in [5.41, 5.74) is 9.14. The van der Waals surface area contributed by atoms with Crippen LogP contribution in [0.2, 0.25) is 0 Å². The van der Waals surface area contributed by atoms with Crippen LogP contribution in [0.15, 0.2) is 69.9 Å². The number of carbonyl (C=O) groups excluding carboxylic acids is 1. The van der Waals surface area contributed by atoms with Crippen LogP contribution in [0.1, 0.15) is 5.56 Å². The number of aromatic nitrogens is 3. The van der Waals surface area contributed by atoms with Gasteiger partial charge in [-0.2, -0.15) is 4.98 Å². The molecule has 0 radical (unpaired) electrons. The number of ether oxygens (including phenoxy) is 1. The maximum Gasteiger partial charge on any atom is 0.275 e. The van der Waals surface area contributed by atoms with Gasteiger partial charge in [0.1, 0.15) is 11.6 Å². The molecule has 168 valence electrons. The molecule has 4 rings (SSSR count). The number of nitrogen functional groups attached to an aromatic ring is 1. The van der Waals surface area contributed by atoms with Crippen molar-refractivity contribution in [3.8, 4) is 22.7 Å². The molecule has 2 aromatic heterocycles. The molecule has 3 N–H and O–H groups in total. The van der Waals surface area contributed by atoms with Gasteiger partial charge in [0, 0.05) is 22.7 Å². The van der Waals surface area contributed by atoms with E-state index in [1.54, 1.807) is 11.7 Å². The lowest BCUT2D eigenvalue weighted by Crippen LogP contribution is -2.19. The van der Waals surface area contributed by atoms with Gasteiger partial charge in [0.25, 0.3) is 5.56 Å². The normalized spacial score (nSPS) is 10.7. The van der Waals surface area contributed by atoms with Crippen molar-refractivity contribution in [1.82, 2.24) is 14.5 Å². The summed E-state index contributed by atoms with van der Waals surface area (Å²) in [4.78, 5) is 33.0. The molecular weight excluding hydrogens is 458 g/mol. The second-order valence-corrected chi connectivity index (χ2v) is 8.88. The minimum absolute atomic E-state index is 0.0408. The van der Waals surface area contributed by atoms with Gasteiger partial charge < -0.3 is 15.8 Å². The third kappa shape index (κ3) is 5.41. The van der Waals surface area contributed by atoms with Crippen LogP contribution in [-0.4, -0.2) is 33.3 Å². The molecule has 0 fully saturated rings. The lowest BCUT2D eigenvalue weighted by molar-refractivity contribution is -0.113. The number of carbonyl (C=O) groups is 1. The van der Waals surface area contributed by atoms with Gasteiger partial charge in [-0.3, -0.25) is 14.2 Å². The Kier molecular flexibility index (Phi) is 6.76. The molecule has 0 saturated carbocycles. The second-order valence-electron chi connectivity index (χ2n) is 7.08. The van der Waals surface area contributed by atoms with E-state index in [1.807, 2.05) is 60.8 Å². The quantitative estimate of drug-likeness (QED) is 0.304. The van der Waals surface area contributed by atoms with Crippen LogP contribution in [0, 0.1) is 6.92 Å². The van der Waals surface area contributed by atoms with Crippen molar-refractivity contribution in [2.75, 3.05) is 23.9 Å². The Bertz CT molecular complexity index is 1350. The number of rotatable bonds is 7. The van der Waals surface area contributed by atoms with Gasteiger partial charge in [0.05, 0.1) is 18.6 Å². The zero-order chi connectivity index (χ0) is 23.4. The van der Waals surface area contributed by atoms with Crippen LogP contribution in [0.25, 0.3) is 16.9 Å². The summed E-state index contributed by atoms with van der Waals surface area (Å²) in [7, 11) is 1.61. The Morgan fingerprint density at radius 3 is 2.70 bits per heavy atom. The first kappa shape index (κ1) is 22.6. The third-order valence-corrected chi connectivity index (χ3v) is 6.35. The highest BCUT2D eigenvalue weighted by atomic mass is 32.2. The number of aryl methyl sites for hydroxylation is 1. The van der Waals surface area contributed by atoms with Gasteiger partial charge in [-0.1, -0.05) is 23.9 Å². The van der Waals surface area contributed by atoms with E-state index in [9.17, 15) is 9.59 Å². The molecule has 1 amide bonds. The highest BCUT2D eigenvalue weighted by molar-refractivity contribution is 7.99. The van der Waals surface area contributed by atoms with Crippen molar-refractivity contribution in [1.29, 1.82) is 0 Å². The van der Waals surface area contributed by atoms with E-state index in [0.717, 1.165) is 40.0 Å². The Labute approximate surface area is 198 Å². The van der Waals surface area contributed by atoms with Gasteiger partial charge in [-0.15, -0.1) is 11.3 Å². The molecule has 0 aliphatic carbocycles. The molecule has 8 nitrogen and oxygen atoms in total. The third-order valence-electron chi connectivity index (χ3n) is 4.66. The van der Waals surface area contributed by atoms with Crippen LogP contribution >= 0.6 is 23.1 Å². The van der Waals surface area contributed by atoms with Crippen LogP contribution in [0.3, 0.4) is 0 Å². The minimum Gasteiger partial charge on any atom is -0.497 e. The van der Waals surface area contributed by atoms with Gasteiger partial charge in [0.2, 0.25) is 5.91 Å². The van der Waals surface area contributed by atoms with Crippen molar-refractivity contribution in [3.63, 3.8) is 0 Å². The molecule has 10 heteroatoms. The number of hydrogen-bond donors (Lipinski definition) is 2. The number of thiazole rings is 1. The standard InChI is InChI=1S/C23H21N5O3S2/c1-14-4-3-5-16(10-14)28-19(24)11-20(29)27-23(28)33-13-21(30)26-22-25-18(12-32-22)15-6-8-17(31-2)9-7-15/h3-12H,13,24H2,1-2H3,(H,25,26,30). The van der Waals surface area contributed by atoms with E-state index in [-0.39, 0.29) is 17.5 Å². The summed E-state index contributed by atoms with van der Waals surface area (Å²) < 4.78 is 6.84. The zero-order valence-corrected chi connectivity index (χ0v) is 19.6. The SMILES string of the molecule is COc1ccc(-c2csc(NC(=O)CSc3nc(=O)cc(N)n3-c3cccc(C)c3)n2)cc1. The Balaban J connectivity index is 1.46. The van der Waals surface area contributed by atoms with Crippen LogP contribution < -0.4 is 21.3 Å². The molecule has 0 aliphatic heterocycles. The van der Waals surface area contributed by atoms with E-state index in [4.69, 9.17) is 10.5 Å². The molecule has 0 unspecified atom stereocenters. The fourth-order valence-electron chi connectivity index (χ4n) is 3.11. The molecule has 0 bridgehead atoms. The van der Waals surface area contributed by atoms with E-state index in [0.29, 0.717) is 10.3 Å². The number of thioether (sulfide) groups is 1. The predicted molar refractivity (Wildman–Crippen MR) is 132 cm³/mol. The van der Waals surface area contributed by atoms with Gasteiger partial charge in [-0.25, -0.2) is 4.98 Å². The average Bonchev–Trinajstić information content (AvgIpc) is 3.25. The topological polar surface area (TPSA) is 112 Å². The fourth-order valence-corrected chi connectivity index (χ4v) is 4.68. The van der Waals surface area contributed by atoms with Crippen molar-refractivity contribution in [2.45, 2.75) is 12.1 Å². The summed E-state index contributed by atoms with van der Waals surface area (Å²) in [5, 5.41) is 5.51. The molecule has 0 atom stereocenters. The number of anilines is 2. The monoisotopic (exact) mass is 479 g/mol. The molecule has 0 aliphatic rings. The second kappa shape index (κ2) is 9.88. The highest BCUT2D eigenvalue weighted by Gasteiger charge is 2.14. The number of nitrogens with one attached hydrogen (secondary N) is 1. The summed E-state index contributed by atoms with van der Waals surface area (Å²) in [6, 6.07) is 16.5. The summed E-state index contributed by atoms with van der Waals surface area (Å²) in [6.45, 7) is 1.96. The number of hydrogen-bond acceptors (Lipinski definition) is 8. The van der Waals surface area contributed by atoms with E-state index >= 15 is 0 Å². The lowest BCUT2D eigenvalue weighted by atomic mass is 10.2. The number of nitrogens with zero attached hydrogens (tertiary/aromatic N) is 3. The average molecular weight is 480 g/mol. The van der Waals surface area contributed by atoms with Gasteiger partial charge in [0.15, 0.2) is 10.3 Å². The summed E-state index contributed by atoms with van der Waals surface area (Å²) >= 11 is 2.47. The molecule has 33 heavy (non-hydrogen) atoms. The number of nitrogens with two attached hydrogens (primary N) is 1. The molecule has 0 saturated heterocycles. The van der Waals surface area contributed by atoms with E-state index in [2.05, 4.69) is 15.3 Å². The Morgan fingerprint density at radius 1 is 1.18 bits per heavy atom. The molecule has 2 aromatic carbocycles.